The summed E-state index contributed by atoms with van der Waals surface area (Å²) in [6, 6.07) is 19.0. The first kappa shape index (κ1) is 31.1. The number of aromatic nitrogens is 1. The molecule has 11 unspecified atom stereocenters. The van der Waals surface area contributed by atoms with Gasteiger partial charge >= 0.3 is 0 Å². The number of hydrogen-bond donors (Lipinski definition) is 2. The topological polar surface area (TPSA) is 29.0 Å². The molecule has 0 bridgehead atoms. The Labute approximate surface area is 310 Å². The van der Waals surface area contributed by atoms with Gasteiger partial charge in [-0.25, -0.2) is 0 Å². The number of allylic oxidation sites excluding steroid dienone is 11. The zero-order valence-electron chi connectivity index (χ0n) is 28.9. The number of nitrogens with zero attached hydrogens (tertiary/aromatic N) is 1. The van der Waals surface area contributed by atoms with E-state index < -0.39 is 0 Å². The van der Waals surface area contributed by atoms with Gasteiger partial charge in [0.15, 0.2) is 0 Å². The van der Waals surface area contributed by atoms with Gasteiger partial charge in [-0.15, -0.1) is 23.5 Å². The maximum atomic E-state index is 4.26. The average Bonchev–Trinajstić information content (AvgIpc) is 3.87. The standard InChI is InChI=1S/C46H45N3S2/c1-5-22-40-30(14-1)31-15-2-6-23-41(31)49(40)29-13-9-12-28(26-29)46-47-38(36-20-10-18-34-32-16-3-7-24-42(32)50-44(34)36)27-39(48-46)37-21-11-19-35-33-17-4-8-25-43(33)51-45(35)37/h1-5,7-10,12-18,20-22,24-26,32-35,38-39,42-48H,6,11,19,23,27H2. The summed E-state index contributed by atoms with van der Waals surface area (Å²) in [7, 11) is 0. The lowest BCUT2D eigenvalue weighted by Crippen LogP contribution is -2.56. The Morgan fingerprint density at radius 2 is 1.49 bits per heavy atom. The molecule has 0 saturated carbocycles. The number of hydrogen-bond acceptors (Lipinski definition) is 4. The molecule has 3 nitrogen and oxygen atoms in total. The van der Waals surface area contributed by atoms with E-state index in [2.05, 4.69) is 172 Å². The largest absolute Gasteiger partial charge is 0.313 e. The molecule has 2 aromatic carbocycles. The molecule has 11 atom stereocenters. The molecule has 3 fully saturated rings. The van der Waals surface area contributed by atoms with Crippen molar-refractivity contribution in [2.45, 2.75) is 71.4 Å². The van der Waals surface area contributed by atoms with Crippen molar-refractivity contribution in [1.29, 1.82) is 0 Å². The maximum absolute atomic E-state index is 4.26. The molecule has 5 heteroatoms. The van der Waals surface area contributed by atoms with Crippen molar-refractivity contribution in [1.82, 2.24) is 15.2 Å². The van der Waals surface area contributed by atoms with Gasteiger partial charge in [-0.3, -0.25) is 10.6 Å². The van der Waals surface area contributed by atoms with Crippen LogP contribution in [0.25, 0.3) is 22.7 Å². The summed E-state index contributed by atoms with van der Waals surface area (Å²) in [6.45, 7) is 0. The molecule has 4 heterocycles. The Bertz CT molecular complexity index is 2140. The van der Waals surface area contributed by atoms with Crippen molar-refractivity contribution in [3.8, 4) is 5.69 Å². The van der Waals surface area contributed by atoms with Crippen LogP contribution in [0, 0.1) is 23.7 Å². The molecule has 1 aromatic heterocycles. The van der Waals surface area contributed by atoms with Gasteiger partial charge in [-0.05, 0) is 78.8 Å². The summed E-state index contributed by atoms with van der Waals surface area (Å²) >= 11 is 4.43. The summed E-state index contributed by atoms with van der Waals surface area (Å²) in [5.74, 6) is 2.55. The van der Waals surface area contributed by atoms with Gasteiger partial charge in [0, 0.05) is 67.3 Å². The van der Waals surface area contributed by atoms with Crippen LogP contribution in [0.1, 0.15) is 48.7 Å². The highest BCUT2D eigenvalue weighted by Crippen LogP contribution is 2.55. The minimum absolute atomic E-state index is 0.0553. The third-order valence-electron chi connectivity index (χ3n) is 13.0. The SMILES string of the molecule is C1=CC2SC3C(C4CC(C5=CCCC6C5SC5C=CC=CC56)NC(c5cccc(-n6c7c(c8ccccc86)C=CCC7)c5)N4)=CC=CC3C2C=C1. The normalized spacial score (nSPS) is 37.1. The highest BCUT2D eigenvalue weighted by Gasteiger charge is 2.49. The molecule has 0 spiro atoms. The third-order valence-corrected chi connectivity index (χ3v) is 16.4. The summed E-state index contributed by atoms with van der Waals surface area (Å²) in [4.78, 5) is 0. The van der Waals surface area contributed by atoms with Crippen LogP contribution in [0.3, 0.4) is 0 Å². The van der Waals surface area contributed by atoms with Gasteiger partial charge in [0.25, 0.3) is 0 Å². The summed E-state index contributed by atoms with van der Waals surface area (Å²) < 4.78 is 2.54. The highest BCUT2D eigenvalue weighted by molar-refractivity contribution is 8.01. The van der Waals surface area contributed by atoms with E-state index >= 15 is 0 Å². The zero-order valence-corrected chi connectivity index (χ0v) is 30.5. The Balaban J connectivity index is 0.975. The van der Waals surface area contributed by atoms with Crippen molar-refractivity contribution in [3.05, 3.63) is 155 Å². The van der Waals surface area contributed by atoms with E-state index in [1.165, 1.54) is 46.3 Å². The Kier molecular flexibility index (Phi) is 7.67. The molecule has 3 saturated heterocycles. The fraction of sp³-hybridized carbons (Fsp3) is 0.348. The molecule has 8 aliphatic rings. The van der Waals surface area contributed by atoms with Crippen LogP contribution in [-0.2, 0) is 6.42 Å². The number of rotatable bonds is 4. The van der Waals surface area contributed by atoms with E-state index in [1.807, 2.05) is 0 Å². The van der Waals surface area contributed by atoms with Gasteiger partial charge < -0.3 is 4.57 Å². The van der Waals surface area contributed by atoms with E-state index in [0.29, 0.717) is 50.8 Å². The van der Waals surface area contributed by atoms with E-state index in [1.54, 1.807) is 11.1 Å². The number of benzene rings is 2. The van der Waals surface area contributed by atoms with Crippen molar-refractivity contribution in [3.63, 3.8) is 0 Å². The smallest absolute Gasteiger partial charge is 0.0845 e. The average molecular weight is 704 g/mol. The Morgan fingerprint density at radius 1 is 0.706 bits per heavy atom. The summed E-state index contributed by atoms with van der Waals surface area (Å²) in [6.07, 6.45) is 39.5. The lowest BCUT2D eigenvalue weighted by molar-refractivity contribution is 0.266. The zero-order chi connectivity index (χ0) is 33.5. The Morgan fingerprint density at radius 3 is 2.41 bits per heavy atom. The molecule has 0 radical (unpaired) electrons. The number of thioether (sulfide) groups is 2. The van der Waals surface area contributed by atoms with E-state index in [9.17, 15) is 0 Å². The summed E-state index contributed by atoms with van der Waals surface area (Å²) in [5.41, 5.74) is 9.99. The second-order valence-corrected chi connectivity index (χ2v) is 18.3. The lowest BCUT2D eigenvalue weighted by Gasteiger charge is -2.44. The minimum Gasteiger partial charge on any atom is -0.313 e. The highest BCUT2D eigenvalue weighted by atomic mass is 32.2. The third kappa shape index (κ3) is 5.10. The quantitative estimate of drug-likeness (QED) is 0.265. The van der Waals surface area contributed by atoms with Gasteiger partial charge in [-0.1, -0.05) is 115 Å². The first-order valence-corrected chi connectivity index (χ1v) is 21.2. The van der Waals surface area contributed by atoms with Crippen LogP contribution in [-0.4, -0.2) is 37.7 Å². The molecule has 0 amide bonds. The van der Waals surface area contributed by atoms with Crippen molar-refractivity contribution in [2.75, 3.05) is 0 Å². The van der Waals surface area contributed by atoms with Crippen LogP contribution >= 0.6 is 23.5 Å². The van der Waals surface area contributed by atoms with Gasteiger partial charge in [0.2, 0.25) is 0 Å². The van der Waals surface area contributed by atoms with Gasteiger partial charge in [0.1, 0.15) is 0 Å². The second-order valence-electron chi connectivity index (χ2n) is 15.7. The van der Waals surface area contributed by atoms with Crippen LogP contribution in [0.15, 0.2) is 139 Å². The van der Waals surface area contributed by atoms with Crippen LogP contribution in [0.5, 0.6) is 0 Å². The van der Waals surface area contributed by atoms with E-state index in [4.69, 9.17) is 0 Å². The lowest BCUT2D eigenvalue weighted by atomic mass is 9.73. The molecule has 3 aliphatic heterocycles. The minimum atomic E-state index is 0.0553. The van der Waals surface area contributed by atoms with Gasteiger partial charge in [-0.2, -0.15) is 0 Å². The number of para-hydroxylation sites is 1. The van der Waals surface area contributed by atoms with Crippen LogP contribution in [0.2, 0.25) is 0 Å². The van der Waals surface area contributed by atoms with Crippen molar-refractivity contribution < 1.29 is 0 Å². The molecule has 5 aliphatic carbocycles. The first-order valence-electron chi connectivity index (χ1n) is 19.3. The maximum Gasteiger partial charge on any atom is 0.0845 e. The van der Waals surface area contributed by atoms with Crippen LogP contribution < -0.4 is 10.6 Å². The molecule has 11 rings (SSSR count). The molecule has 51 heavy (non-hydrogen) atoms. The summed E-state index contributed by atoms with van der Waals surface area (Å²) in [5, 5.41) is 12.1. The predicted octanol–water partition coefficient (Wildman–Crippen LogP) is 9.81. The number of nitrogens with one attached hydrogen (secondary N) is 2. The Hall–Kier alpha value is -3.48. The number of fused-ring (bicyclic) bond motifs is 9. The molecular formula is C46H45N3S2. The van der Waals surface area contributed by atoms with E-state index in [-0.39, 0.29) is 6.17 Å². The molecule has 3 aromatic rings. The first-order chi connectivity index (χ1) is 25.3. The second kappa shape index (κ2) is 12.6. The molecular weight excluding hydrogens is 659 g/mol. The molecule has 2 N–H and O–H groups in total. The van der Waals surface area contributed by atoms with Crippen molar-refractivity contribution in [2.24, 2.45) is 23.7 Å². The van der Waals surface area contributed by atoms with Gasteiger partial charge in [0.05, 0.1) is 11.7 Å². The molecule has 256 valence electrons. The van der Waals surface area contributed by atoms with Crippen LogP contribution in [0.4, 0.5) is 0 Å². The predicted molar refractivity (Wildman–Crippen MR) is 217 cm³/mol. The monoisotopic (exact) mass is 703 g/mol. The van der Waals surface area contributed by atoms with Crippen molar-refractivity contribution >= 4 is 40.5 Å². The van der Waals surface area contributed by atoms with E-state index in [0.717, 1.165) is 25.2 Å². The fourth-order valence-electron chi connectivity index (χ4n) is 10.7. The fourth-order valence-corrected chi connectivity index (χ4v) is 14.5.